The number of aromatic nitrogens is 5. The molecule has 0 saturated carbocycles. The van der Waals surface area contributed by atoms with Crippen LogP contribution in [0.5, 0.6) is 0 Å². The van der Waals surface area contributed by atoms with Crippen molar-refractivity contribution in [3.63, 3.8) is 0 Å². The van der Waals surface area contributed by atoms with Crippen molar-refractivity contribution in [2.75, 3.05) is 0 Å². The molecule has 0 N–H and O–H groups in total. The average Bonchev–Trinajstić information content (AvgIpc) is 3.72. The van der Waals surface area contributed by atoms with Gasteiger partial charge in [-0.15, -0.1) is 0 Å². The van der Waals surface area contributed by atoms with Crippen LogP contribution in [0.4, 0.5) is 0 Å². The summed E-state index contributed by atoms with van der Waals surface area (Å²) in [4.78, 5) is 15.1. The van der Waals surface area contributed by atoms with E-state index in [1.54, 1.807) is 0 Å². The first-order valence-corrected chi connectivity index (χ1v) is 16.9. The SMILES string of the molecule is c1ccc(-c2nc(-c3ccccc3)nc(-c3ccc4c5c6cccc7ccc8c9ccccc9n(c8c76)c5n(-c5ccccc5)c4c3)n2)cc1. The van der Waals surface area contributed by atoms with Gasteiger partial charge in [0.05, 0.1) is 16.6 Å². The minimum absolute atomic E-state index is 0.637. The standard InChI is InChI=1S/C45H27N5/c1-4-13-29(14-5-1)42-46-43(30-15-6-2-7-16-30)48-44(47-42)31-24-26-35-38(27-31)49(32-18-8-3-9-19-32)45-40(35)36-21-12-17-28-23-25-34-33-20-10-11-22-37(33)50(45)41(34)39(28)36/h1-27H. The number of rotatable bonds is 4. The maximum atomic E-state index is 5.08. The Balaban J connectivity index is 1.29. The zero-order valence-electron chi connectivity index (χ0n) is 26.8. The van der Waals surface area contributed by atoms with E-state index in [9.17, 15) is 0 Å². The lowest BCUT2D eigenvalue weighted by atomic mass is 9.99. The molecule has 7 aromatic carbocycles. The monoisotopic (exact) mass is 637 g/mol. The van der Waals surface area contributed by atoms with E-state index in [0.29, 0.717) is 17.5 Å². The normalized spacial score (nSPS) is 12.0. The molecule has 11 rings (SSSR count). The van der Waals surface area contributed by atoms with Crippen LogP contribution < -0.4 is 0 Å². The van der Waals surface area contributed by atoms with Gasteiger partial charge in [-0.05, 0) is 35.0 Å². The zero-order chi connectivity index (χ0) is 32.8. The van der Waals surface area contributed by atoms with Crippen LogP contribution in [0.2, 0.25) is 0 Å². The van der Waals surface area contributed by atoms with Gasteiger partial charge < -0.3 is 0 Å². The number of hydrogen-bond donors (Lipinski definition) is 0. The van der Waals surface area contributed by atoms with E-state index in [1.165, 1.54) is 48.7 Å². The van der Waals surface area contributed by atoms with Crippen molar-refractivity contribution in [1.82, 2.24) is 23.9 Å². The second-order valence-electron chi connectivity index (χ2n) is 12.9. The largest absolute Gasteiger partial charge is 0.295 e. The molecule has 0 fully saturated rings. The molecule has 0 saturated heterocycles. The van der Waals surface area contributed by atoms with E-state index in [-0.39, 0.29) is 0 Å². The summed E-state index contributed by atoms with van der Waals surface area (Å²) in [6, 6.07) is 57.7. The van der Waals surface area contributed by atoms with Crippen LogP contribution in [-0.2, 0) is 0 Å². The number of nitrogens with zero attached hydrogens (tertiary/aromatic N) is 5. The molecule has 0 bridgehead atoms. The van der Waals surface area contributed by atoms with Crippen LogP contribution in [0.15, 0.2) is 164 Å². The lowest BCUT2D eigenvalue weighted by Crippen LogP contribution is -2.01. The van der Waals surface area contributed by atoms with Gasteiger partial charge in [0.25, 0.3) is 0 Å². The Morgan fingerprint density at radius 3 is 1.70 bits per heavy atom. The van der Waals surface area contributed by atoms with Crippen molar-refractivity contribution in [3.05, 3.63) is 164 Å². The van der Waals surface area contributed by atoms with E-state index >= 15 is 0 Å². The Kier molecular flexibility index (Phi) is 5.60. The number of pyridine rings is 1. The first-order valence-electron chi connectivity index (χ1n) is 16.9. The molecule has 5 heteroatoms. The molecule has 5 nitrogen and oxygen atoms in total. The maximum Gasteiger partial charge on any atom is 0.164 e. The van der Waals surface area contributed by atoms with Gasteiger partial charge in [0.1, 0.15) is 5.65 Å². The Morgan fingerprint density at radius 2 is 0.980 bits per heavy atom. The van der Waals surface area contributed by atoms with Crippen LogP contribution >= 0.6 is 0 Å². The third kappa shape index (κ3) is 3.80. The number of hydrogen-bond acceptors (Lipinski definition) is 3. The lowest BCUT2D eigenvalue weighted by Gasteiger charge is -2.14. The minimum Gasteiger partial charge on any atom is -0.295 e. The molecule has 50 heavy (non-hydrogen) atoms. The summed E-state index contributed by atoms with van der Waals surface area (Å²) in [5.41, 5.74) is 8.62. The highest BCUT2D eigenvalue weighted by Crippen LogP contribution is 2.45. The van der Waals surface area contributed by atoms with Crippen molar-refractivity contribution < 1.29 is 0 Å². The Bertz CT molecular complexity index is 3010. The maximum absolute atomic E-state index is 5.08. The zero-order valence-corrected chi connectivity index (χ0v) is 26.8. The van der Waals surface area contributed by atoms with Gasteiger partial charge in [-0.2, -0.15) is 0 Å². The Morgan fingerprint density at radius 1 is 0.380 bits per heavy atom. The molecule has 232 valence electrons. The molecule has 4 heterocycles. The molecule has 0 amide bonds. The summed E-state index contributed by atoms with van der Waals surface area (Å²) in [6.07, 6.45) is 0. The van der Waals surface area contributed by atoms with Crippen molar-refractivity contribution >= 4 is 59.9 Å². The summed E-state index contributed by atoms with van der Waals surface area (Å²) in [5, 5.41) is 8.72. The molecular formula is C45H27N5. The molecule has 0 aliphatic carbocycles. The van der Waals surface area contributed by atoms with E-state index in [1.807, 2.05) is 60.7 Å². The van der Waals surface area contributed by atoms with E-state index in [0.717, 1.165) is 33.5 Å². The molecule has 4 aromatic heterocycles. The molecular weight excluding hydrogens is 611 g/mol. The fourth-order valence-corrected chi connectivity index (χ4v) is 7.92. The lowest BCUT2D eigenvalue weighted by molar-refractivity contribution is 1.07. The Labute approximate surface area is 286 Å². The first kappa shape index (κ1) is 27.1. The van der Waals surface area contributed by atoms with E-state index in [2.05, 4.69) is 112 Å². The number of benzene rings is 7. The van der Waals surface area contributed by atoms with Crippen LogP contribution in [-0.4, -0.2) is 23.9 Å². The van der Waals surface area contributed by atoms with Crippen molar-refractivity contribution in [3.8, 4) is 39.9 Å². The second-order valence-corrected chi connectivity index (χ2v) is 12.9. The highest BCUT2D eigenvalue weighted by molar-refractivity contribution is 6.32. The van der Waals surface area contributed by atoms with Crippen LogP contribution in [0.1, 0.15) is 0 Å². The fourth-order valence-electron chi connectivity index (χ4n) is 7.92. The fraction of sp³-hybridized carbons (Fsp3) is 0. The van der Waals surface area contributed by atoms with Crippen molar-refractivity contribution in [1.29, 1.82) is 0 Å². The highest BCUT2D eigenvalue weighted by atomic mass is 15.1. The molecule has 0 radical (unpaired) electrons. The number of para-hydroxylation sites is 2. The summed E-state index contributed by atoms with van der Waals surface area (Å²) in [6.45, 7) is 0. The molecule has 0 spiro atoms. The second kappa shape index (κ2) is 10.3. The van der Waals surface area contributed by atoms with Gasteiger partial charge in [-0.3, -0.25) is 8.97 Å². The smallest absolute Gasteiger partial charge is 0.164 e. The van der Waals surface area contributed by atoms with Crippen molar-refractivity contribution in [2.24, 2.45) is 0 Å². The van der Waals surface area contributed by atoms with Gasteiger partial charge in [-0.1, -0.05) is 140 Å². The quantitative estimate of drug-likeness (QED) is 0.193. The van der Waals surface area contributed by atoms with Gasteiger partial charge >= 0.3 is 0 Å². The molecule has 0 unspecified atom stereocenters. The highest BCUT2D eigenvalue weighted by Gasteiger charge is 2.24. The van der Waals surface area contributed by atoms with Gasteiger partial charge in [0.2, 0.25) is 0 Å². The topological polar surface area (TPSA) is 48.0 Å². The van der Waals surface area contributed by atoms with Crippen molar-refractivity contribution in [2.45, 2.75) is 0 Å². The third-order valence-electron chi connectivity index (χ3n) is 10.1. The van der Waals surface area contributed by atoms with E-state index in [4.69, 9.17) is 15.0 Å². The first-order chi connectivity index (χ1) is 24.8. The van der Waals surface area contributed by atoms with Crippen LogP contribution in [0.3, 0.4) is 0 Å². The predicted octanol–water partition coefficient (Wildman–Crippen LogP) is 11.1. The molecule has 11 aromatic rings. The average molecular weight is 638 g/mol. The van der Waals surface area contributed by atoms with Gasteiger partial charge in [0.15, 0.2) is 17.5 Å². The number of fused-ring (bicyclic) bond motifs is 8. The summed E-state index contributed by atoms with van der Waals surface area (Å²) in [7, 11) is 0. The van der Waals surface area contributed by atoms with Gasteiger partial charge in [0, 0.05) is 49.3 Å². The summed E-state index contributed by atoms with van der Waals surface area (Å²) in [5.74, 6) is 1.93. The Hall–Kier alpha value is -6.85. The molecule has 0 aliphatic heterocycles. The van der Waals surface area contributed by atoms with Gasteiger partial charge in [-0.25, -0.2) is 15.0 Å². The minimum atomic E-state index is 0.637. The van der Waals surface area contributed by atoms with Crippen LogP contribution in [0, 0.1) is 0 Å². The summed E-state index contributed by atoms with van der Waals surface area (Å²) >= 11 is 0. The molecule has 0 aliphatic rings. The molecule has 0 atom stereocenters. The predicted molar refractivity (Wildman–Crippen MR) is 205 cm³/mol. The van der Waals surface area contributed by atoms with E-state index < -0.39 is 0 Å². The van der Waals surface area contributed by atoms with Crippen LogP contribution in [0.25, 0.3) is 99.8 Å². The third-order valence-corrected chi connectivity index (χ3v) is 10.1. The summed E-state index contributed by atoms with van der Waals surface area (Å²) < 4.78 is 4.91.